The summed E-state index contributed by atoms with van der Waals surface area (Å²) in [5.41, 5.74) is 1.09. The van der Waals surface area contributed by atoms with Crippen molar-refractivity contribution in [1.82, 2.24) is 9.29 Å². The molecule has 1 amide bonds. The van der Waals surface area contributed by atoms with Crippen LogP contribution < -0.4 is 5.32 Å². The van der Waals surface area contributed by atoms with Crippen molar-refractivity contribution in [3.05, 3.63) is 40.9 Å². The zero-order valence-corrected chi connectivity index (χ0v) is 16.4. The van der Waals surface area contributed by atoms with E-state index in [0.717, 1.165) is 5.69 Å². The number of hydrogen-bond donors (Lipinski definition) is 1. The first-order chi connectivity index (χ1) is 12.3. The fourth-order valence-corrected chi connectivity index (χ4v) is 5.17. The molecule has 1 aromatic carbocycles. The van der Waals surface area contributed by atoms with Crippen LogP contribution in [0, 0.1) is 6.92 Å². The van der Waals surface area contributed by atoms with Crippen LogP contribution in [0.3, 0.4) is 0 Å². The fraction of sp³-hybridized carbons (Fsp3) is 0.412. The second-order valence-corrected chi connectivity index (χ2v) is 9.15. The number of carbonyl (C=O) groups excluding carboxylic acids is 1. The topological polar surface area (TPSA) is 88.6 Å². The van der Waals surface area contributed by atoms with Crippen molar-refractivity contribution in [3.63, 3.8) is 0 Å². The van der Waals surface area contributed by atoms with Gasteiger partial charge in [-0.3, -0.25) is 10.1 Å². The van der Waals surface area contributed by atoms with Gasteiger partial charge in [-0.05, 0) is 39.0 Å². The molecule has 0 spiro atoms. The first-order valence-electron chi connectivity index (χ1n) is 8.25. The normalized spacial score (nSPS) is 21.5. The van der Waals surface area contributed by atoms with Crippen LogP contribution in [-0.4, -0.2) is 48.9 Å². The Hall–Kier alpha value is -1.81. The second-order valence-electron chi connectivity index (χ2n) is 6.36. The van der Waals surface area contributed by atoms with Crippen LogP contribution in [0.5, 0.6) is 0 Å². The molecule has 7 nitrogen and oxygen atoms in total. The molecule has 0 radical (unpaired) electrons. The minimum Gasteiger partial charge on any atom is -0.373 e. The summed E-state index contributed by atoms with van der Waals surface area (Å²) in [5.74, 6) is -0.389. The SMILES string of the molecule is Cc1csc(NC(=O)c2cccc(S(=O)(=O)N3C[C@@H](C)O[C@@H](C)C3)c2)n1. The number of rotatable bonds is 4. The maximum absolute atomic E-state index is 12.9. The highest BCUT2D eigenvalue weighted by atomic mass is 32.2. The summed E-state index contributed by atoms with van der Waals surface area (Å²) in [6.45, 7) is 6.11. The Bertz CT molecular complexity index is 900. The van der Waals surface area contributed by atoms with E-state index in [2.05, 4.69) is 10.3 Å². The number of sulfonamides is 1. The molecule has 0 saturated carbocycles. The van der Waals surface area contributed by atoms with Gasteiger partial charge < -0.3 is 4.74 Å². The summed E-state index contributed by atoms with van der Waals surface area (Å²) in [6.07, 6.45) is -0.346. The van der Waals surface area contributed by atoms with Gasteiger partial charge in [-0.1, -0.05) is 6.07 Å². The van der Waals surface area contributed by atoms with Crippen molar-refractivity contribution in [2.45, 2.75) is 37.9 Å². The first-order valence-corrected chi connectivity index (χ1v) is 10.6. The van der Waals surface area contributed by atoms with Crippen molar-refractivity contribution >= 4 is 32.4 Å². The zero-order valence-electron chi connectivity index (χ0n) is 14.8. The highest BCUT2D eigenvalue weighted by Crippen LogP contribution is 2.22. The molecular formula is C17H21N3O4S2. The Morgan fingerprint density at radius 2 is 2.00 bits per heavy atom. The number of thiazole rings is 1. The summed E-state index contributed by atoms with van der Waals surface area (Å²) in [5, 5.41) is 5.00. The minimum atomic E-state index is -3.69. The summed E-state index contributed by atoms with van der Waals surface area (Å²) in [4.78, 5) is 16.7. The molecule has 2 heterocycles. The number of aromatic nitrogens is 1. The van der Waals surface area contributed by atoms with Crippen LogP contribution in [0.4, 0.5) is 5.13 Å². The maximum Gasteiger partial charge on any atom is 0.257 e. The average molecular weight is 396 g/mol. The smallest absolute Gasteiger partial charge is 0.257 e. The Morgan fingerprint density at radius 3 is 2.62 bits per heavy atom. The lowest BCUT2D eigenvalue weighted by Crippen LogP contribution is -2.48. The largest absolute Gasteiger partial charge is 0.373 e. The van der Waals surface area contributed by atoms with E-state index in [-0.39, 0.29) is 28.6 Å². The van der Waals surface area contributed by atoms with E-state index in [4.69, 9.17) is 4.74 Å². The molecule has 1 aromatic heterocycles. The summed E-state index contributed by atoms with van der Waals surface area (Å²) in [6, 6.07) is 6.06. The standard InChI is InChI=1S/C17H21N3O4S2/c1-11-10-25-17(18-11)19-16(21)14-5-4-6-15(7-14)26(22,23)20-8-12(2)24-13(3)9-20/h4-7,10,12-13H,8-9H2,1-3H3,(H,18,19,21)/t12-,13+. The highest BCUT2D eigenvalue weighted by molar-refractivity contribution is 7.89. The summed E-state index contributed by atoms with van der Waals surface area (Å²) >= 11 is 1.32. The third kappa shape index (κ3) is 4.12. The Kier molecular flexibility index (Phi) is 5.42. The number of ether oxygens (including phenoxy) is 1. The molecule has 2 atom stereocenters. The zero-order chi connectivity index (χ0) is 18.9. The third-order valence-electron chi connectivity index (χ3n) is 3.96. The van der Waals surface area contributed by atoms with Gasteiger partial charge >= 0.3 is 0 Å². The van der Waals surface area contributed by atoms with Crippen LogP contribution in [0.2, 0.25) is 0 Å². The van der Waals surface area contributed by atoms with E-state index in [0.29, 0.717) is 18.2 Å². The van der Waals surface area contributed by atoms with Gasteiger partial charge in [0, 0.05) is 24.0 Å². The van der Waals surface area contributed by atoms with Crippen LogP contribution in [-0.2, 0) is 14.8 Å². The van der Waals surface area contributed by atoms with Gasteiger partial charge in [0.1, 0.15) is 0 Å². The molecule has 1 saturated heterocycles. The van der Waals surface area contributed by atoms with E-state index in [1.165, 1.54) is 27.8 Å². The van der Waals surface area contributed by atoms with Gasteiger partial charge in [-0.15, -0.1) is 11.3 Å². The molecular weight excluding hydrogens is 374 g/mol. The molecule has 1 N–H and O–H groups in total. The number of amides is 1. The summed E-state index contributed by atoms with van der Waals surface area (Å²) < 4.78 is 32.9. The van der Waals surface area contributed by atoms with Crippen molar-refractivity contribution in [2.75, 3.05) is 18.4 Å². The number of morpholine rings is 1. The van der Waals surface area contributed by atoms with E-state index >= 15 is 0 Å². The molecule has 140 valence electrons. The van der Waals surface area contributed by atoms with Crippen molar-refractivity contribution in [2.24, 2.45) is 0 Å². The van der Waals surface area contributed by atoms with Gasteiger partial charge in [0.05, 0.1) is 22.8 Å². The second kappa shape index (κ2) is 7.43. The molecule has 1 fully saturated rings. The molecule has 9 heteroatoms. The first kappa shape index (κ1) is 19.0. The van der Waals surface area contributed by atoms with Crippen LogP contribution in [0.1, 0.15) is 29.9 Å². The third-order valence-corrected chi connectivity index (χ3v) is 6.66. The van der Waals surface area contributed by atoms with Crippen molar-refractivity contribution in [1.29, 1.82) is 0 Å². The quantitative estimate of drug-likeness (QED) is 0.859. The number of nitrogens with zero attached hydrogens (tertiary/aromatic N) is 2. The van der Waals surface area contributed by atoms with Gasteiger partial charge in [-0.25, -0.2) is 13.4 Å². The van der Waals surface area contributed by atoms with E-state index < -0.39 is 10.0 Å². The molecule has 0 bridgehead atoms. The minimum absolute atomic E-state index is 0.0989. The number of aryl methyl sites for hydroxylation is 1. The lowest BCUT2D eigenvalue weighted by Gasteiger charge is -2.34. The van der Waals surface area contributed by atoms with E-state index in [1.807, 2.05) is 26.2 Å². The van der Waals surface area contributed by atoms with Crippen LogP contribution in [0.25, 0.3) is 0 Å². The lowest BCUT2D eigenvalue weighted by molar-refractivity contribution is -0.0440. The fourth-order valence-electron chi connectivity index (χ4n) is 2.85. The number of benzene rings is 1. The molecule has 0 aliphatic carbocycles. The summed E-state index contributed by atoms with van der Waals surface area (Å²) in [7, 11) is -3.69. The maximum atomic E-state index is 12.9. The van der Waals surface area contributed by atoms with Crippen molar-refractivity contribution < 1.29 is 17.9 Å². The number of anilines is 1. The van der Waals surface area contributed by atoms with Crippen LogP contribution in [0.15, 0.2) is 34.5 Å². The van der Waals surface area contributed by atoms with Crippen LogP contribution >= 0.6 is 11.3 Å². The van der Waals surface area contributed by atoms with Gasteiger partial charge in [0.15, 0.2) is 5.13 Å². The molecule has 1 aliphatic rings. The Labute approximate surface area is 157 Å². The number of carbonyl (C=O) groups is 1. The number of hydrogen-bond acceptors (Lipinski definition) is 6. The molecule has 1 aliphatic heterocycles. The van der Waals surface area contributed by atoms with E-state index in [1.54, 1.807) is 12.1 Å². The monoisotopic (exact) mass is 395 g/mol. The lowest BCUT2D eigenvalue weighted by atomic mass is 10.2. The van der Waals surface area contributed by atoms with Crippen molar-refractivity contribution in [3.8, 4) is 0 Å². The van der Waals surface area contributed by atoms with Gasteiger partial charge in [0.2, 0.25) is 10.0 Å². The predicted octanol–water partition coefficient (Wildman–Crippen LogP) is 2.50. The number of nitrogens with one attached hydrogen (secondary N) is 1. The molecule has 3 rings (SSSR count). The molecule has 26 heavy (non-hydrogen) atoms. The molecule has 0 unspecified atom stereocenters. The average Bonchev–Trinajstić information content (AvgIpc) is 2.99. The Morgan fingerprint density at radius 1 is 1.31 bits per heavy atom. The highest BCUT2D eigenvalue weighted by Gasteiger charge is 2.32. The molecule has 2 aromatic rings. The Balaban J connectivity index is 1.82. The predicted molar refractivity (Wildman–Crippen MR) is 100 cm³/mol. The van der Waals surface area contributed by atoms with E-state index in [9.17, 15) is 13.2 Å². The van der Waals surface area contributed by atoms with Gasteiger partial charge in [0.25, 0.3) is 5.91 Å². The van der Waals surface area contributed by atoms with Gasteiger partial charge in [-0.2, -0.15) is 4.31 Å².